The molecule has 2 atom stereocenters. The first kappa shape index (κ1) is 18.9. The summed E-state index contributed by atoms with van der Waals surface area (Å²) in [5.74, 6) is 0.699. The number of allylic oxidation sites excluding steroid dienone is 2. The lowest BCUT2D eigenvalue weighted by Crippen LogP contribution is -2.35. The molecule has 2 aromatic carbocycles. The monoisotopic (exact) mass is 459 g/mol. The summed E-state index contributed by atoms with van der Waals surface area (Å²) >= 11 is 3.28. The van der Waals surface area contributed by atoms with Crippen molar-refractivity contribution in [2.75, 3.05) is 4.72 Å². The van der Waals surface area contributed by atoms with Crippen LogP contribution in [0.4, 0.5) is 5.69 Å². The summed E-state index contributed by atoms with van der Waals surface area (Å²) in [4.78, 5) is 12.4. The number of hydrogen-bond donors (Lipinski definition) is 2. The predicted molar refractivity (Wildman–Crippen MR) is 112 cm³/mol. The van der Waals surface area contributed by atoms with Gasteiger partial charge in [0.2, 0.25) is 0 Å². The molecule has 0 radical (unpaired) electrons. The normalized spacial score (nSPS) is 21.8. The first-order valence-electron chi connectivity index (χ1n) is 8.84. The lowest BCUT2D eigenvalue weighted by atomic mass is 9.74. The second kappa shape index (κ2) is 7.52. The number of hydrazone groups is 1. The van der Waals surface area contributed by atoms with Gasteiger partial charge < -0.3 is 0 Å². The number of rotatable bonds is 5. The third-order valence-electron chi connectivity index (χ3n) is 4.97. The number of carbonyl (C=O) groups is 1. The molecule has 2 aliphatic rings. The number of anilines is 1. The van der Waals surface area contributed by atoms with Gasteiger partial charge in [0.15, 0.2) is 0 Å². The maximum atomic E-state index is 12.4. The molecule has 0 bridgehead atoms. The minimum Gasteiger partial charge on any atom is -0.280 e. The van der Waals surface area contributed by atoms with Crippen LogP contribution in [0, 0.1) is 11.8 Å². The molecule has 2 unspecified atom stereocenters. The van der Waals surface area contributed by atoms with Gasteiger partial charge in [0.1, 0.15) is 0 Å². The van der Waals surface area contributed by atoms with Gasteiger partial charge in [-0.3, -0.25) is 9.52 Å². The standard InChI is InChI=1S/C20H18BrN3O3S/c21-15-6-10-17(11-7-15)28(26,27)24-16-8-4-13(5-9-16)20(25)23-22-19-12-14-2-1-3-18(14)19/h1,3-11,14,18,24H,2,12H2,(H,23,25). The molecule has 2 N–H and O–H groups in total. The van der Waals surface area contributed by atoms with Gasteiger partial charge in [-0.2, -0.15) is 5.10 Å². The van der Waals surface area contributed by atoms with Crippen molar-refractivity contribution >= 4 is 43.3 Å². The van der Waals surface area contributed by atoms with Crippen LogP contribution in [0.1, 0.15) is 23.2 Å². The number of benzene rings is 2. The Hall–Kier alpha value is -2.45. The Morgan fingerprint density at radius 1 is 1.07 bits per heavy atom. The third kappa shape index (κ3) is 3.88. The summed E-state index contributed by atoms with van der Waals surface area (Å²) in [6.07, 6.45) is 6.32. The first-order valence-corrected chi connectivity index (χ1v) is 11.1. The Bertz CT molecular complexity index is 1060. The lowest BCUT2D eigenvalue weighted by Gasteiger charge is -2.31. The van der Waals surface area contributed by atoms with E-state index in [1.54, 1.807) is 36.4 Å². The average molecular weight is 460 g/mol. The minimum absolute atomic E-state index is 0.160. The van der Waals surface area contributed by atoms with Crippen LogP contribution < -0.4 is 10.1 Å². The van der Waals surface area contributed by atoms with Crippen LogP contribution in [0.3, 0.4) is 0 Å². The Kier molecular flexibility index (Phi) is 5.07. The number of amides is 1. The summed E-state index contributed by atoms with van der Waals surface area (Å²) in [6.45, 7) is 0. The molecule has 8 heteroatoms. The maximum absolute atomic E-state index is 12.4. The summed E-state index contributed by atoms with van der Waals surface area (Å²) in [5, 5.41) is 4.23. The molecule has 2 aromatic rings. The molecule has 1 amide bonds. The zero-order valence-corrected chi connectivity index (χ0v) is 17.2. The highest BCUT2D eigenvalue weighted by molar-refractivity contribution is 9.10. The van der Waals surface area contributed by atoms with Crippen LogP contribution in [0.2, 0.25) is 0 Å². The van der Waals surface area contributed by atoms with E-state index in [2.05, 4.69) is 43.3 Å². The summed E-state index contributed by atoms with van der Waals surface area (Å²) in [7, 11) is -3.69. The fourth-order valence-corrected chi connectivity index (χ4v) is 4.69. The average Bonchev–Trinajstić information content (AvgIpc) is 3.03. The van der Waals surface area contributed by atoms with Crippen LogP contribution in [0.15, 0.2) is 75.2 Å². The van der Waals surface area contributed by atoms with Gasteiger partial charge in [-0.05, 0) is 67.3 Å². The molecule has 4 rings (SSSR count). The Balaban J connectivity index is 1.39. The van der Waals surface area contributed by atoms with Crippen LogP contribution in [-0.2, 0) is 10.0 Å². The first-order chi connectivity index (χ1) is 13.4. The van der Waals surface area contributed by atoms with Crippen molar-refractivity contribution in [2.45, 2.75) is 17.7 Å². The highest BCUT2D eigenvalue weighted by atomic mass is 79.9. The lowest BCUT2D eigenvalue weighted by molar-refractivity contribution is 0.0954. The van der Waals surface area contributed by atoms with Crippen LogP contribution >= 0.6 is 15.9 Å². The second-order valence-corrected chi connectivity index (χ2v) is 9.43. The Labute approximate surface area is 171 Å². The van der Waals surface area contributed by atoms with E-state index < -0.39 is 10.0 Å². The number of hydrogen-bond acceptors (Lipinski definition) is 4. The summed E-state index contributed by atoms with van der Waals surface area (Å²) in [6, 6.07) is 12.6. The number of nitrogens with zero attached hydrogens (tertiary/aromatic N) is 1. The van der Waals surface area contributed by atoms with Gasteiger partial charge in [-0.25, -0.2) is 13.8 Å². The number of carbonyl (C=O) groups excluding carboxylic acids is 1. The van der Waals surface area contributed by atoms with Gasteiger partial charge in [-0.15, -0.1) is 0 Å². The molecular weight excluding hydrogens is 442 g/mol. The number of sulfonamides is 1. The molecule has 0 spiro atoms. The fraction of sp³-hybridized carbons (Fsp3) is 0.200. The molecule has 1 fully saturated rings. The highest BCUT2D eigenvalue weighted by Gasteiger charge is 2.37. The molecule has 1 saturated carbocycles. The van der Waals surface area contributed by atoms with Crippen molar-refractivity contribution in [2.24, 2.45) is 16.9 Å². The molecular formula is C20H18BrN3O3S. The zero-order valence-electron chi connectivity index (χ0n) is 14.8. The third-order valence-corrected chi connectivity index (χ3v) is 6.90. The fourth-order valence-electron chi connectivity index (χ4n) is 3.37. The number of fused-ring (bicyclic) bond motifs is 1. The Morgan fingerprint density at radius 3 is 2.46 bits per heavy atom. The molecule has 0 saturated heterocycles. The van der Waals surface area contributed by atoms with E-state index in [0.717, 1.165) is 23.0 Å². The van der Waals surface area contributed by atoms with Crippen molar-refractivity contribution in [3.8, 4) is 0 Å². The molecule has 0 aromatic heterocycles. The molecule has 2 aliphatic carbocycles. The second-order valence-electron chi connectivity index (χ2n) is 6.83. The number of halogens is 1. The summed E-state index contributed by atoms with van der Waals surface area (Å²) < 4.78 is 28.1. The van der Waals surface area contributed by atoms with Crippen molar-refractivity contribution in [3.05, 3.63) is 70.7 Å². The number of nitrogens with one attached hydrogen (secondary N) is 2. The van der Waals surface area contributed by atoms with Gasteiger partial charge in [-0.1, -0.05) is 28.1 Å². The van der Waals surface area contributed by atoms with Crippen LogP contribution in [0.5, 0.6) is 0 Å². The topological polar surface area (TPSA) is 87.6 Å². The highest BCUT2D eigenvalue weighted by Crippen LogP contribution is 2.40. The van der Waals surface area contributed by atoms with E-state index in [1.807, 2.05) is 0 Å². The van der Waals surface area contributed by atoms with Crippen molar-refractivity contribution in [1.82, 2.24) is 5.43 Å². The zero-order chi connectivity index (χ0) is 19.7. The molecule has 28 heavy (non-hydrogen) atoms. The Morgan fingerprint density at radius 2 is 1.79 bits per heavy atom. The van der Waals surface area contributed by atoms with Gasteiger partial charge in [0.05, 0.1) is 4.90 Å². The van der Waals surface area contributed by atoms with E-state index in [-0.39, 0.29) is 10.8 Å². The van der Waals surface area contributed by atoms with Crippen molar-refractivity contribution in [1.29, 1.82) is 0 Å². The summed E-state index contributed by atoms with van der Waals surface area (Å²) in [5.41, 5.74) is 4.38. The van der Waals surface area contributed by atoms with Gasteiger partial charge in [0.25, 0.3) is 15.9 Å². The molecule has 6 nitrogen and oxygen atoms in total. The SMILES string of the molecule is O=C(NN=C1CC2CC=CC12)c1ccc(NS(=O)(=O)c2ccc(Br)cc2)cc1. The quantitative estimate of drug-likeness (QED) is 0.524. The predicted octanol–water partition coefficient (Wildman–Crippen LogP) is 3.93. The maximum Gasteiger partial charge on any atom is 0.271 e. The minimum atomic E-state index is -3.69. The van der Waals surface area contributed by atoms with E-state index in [4.69, 9.17) is 0 Å². The van der Waals surface area contributed by atoms with E-state index in [1.165, 1.54) is 12.1 Å². The van der Waals surface area contributed by atoms with Crippen molar-refractivity contribution < 1.29 is 13.2 Å². The van der Waals surface area contributed by atoms with E-state index in [0.29, 0.717) is 23.1 Å². The molecule has 0 heterocycles. The van der Waals surface area contributed by atoms with Crippen LogP contribution in [0.25, 0.3) is 0 Å². The smallest absolute Gasteiger partial charge is 0.271 e. The largest absolute Gasteiger partial charge is 0.280 e. The van der Waals surface area contributed by atoms with E-state index in [9.17, 15) is 13.2 Å². The molecule has 0 aliphatic heterocycles. The van der Waals surface area contributed by atoms with E-state index >= 15 is 0 Å². The van der Waals surface area contributed by atoms with Crippen LogP contribution in [-0.4, -0.2) is 20.0 Å². The van der Waals surface area contributed by atoms with Gasteiger partial charge >= 0.3 is 0 Å². The van der Waals surface area contributed by atoms with Gasteiger partial charge in [0, 0.05) is 27.4 Å². The van der Waals surface area contributed by atoms with Crippen molar-refractivity contribution in [3.63, 3.8) is 0 Å². The molecule has 144 valence electrons.